The maximum Gasteiger partial charge on any atom is 0.286 e. The van der Waals surface area contributed by atoms with E-state index in [-0.39, 0.29) is 16.0 Å². The van der Waals surface area contributed by atoms with Gasteiger partial charge >= 0.3 is 0 Å². The topological polar surface area (TPSA) is 47.0 Å². The standard InChI is InChI=1S/C17H12F3NO2S/c1-24(22,23)13-5-2-11(3-6-13)14-8-17(19,20)9-15(14)12-4-7-16(18)21-10-12/h2-10H,1H3. The molecule has 1 heterocycles. The Labute approximate surface area is 137 Å². The van der Waals surface area contributed by atoms with E-state index in [1.165, 1.54) is 36.5 Å². The summed E-state index contributed by atoms with van der Waals surface area (Å²) in [5, 5.41) is 0. The van der Waals surface area contributed by atoms with E-state index < -0.39 is 21.7 Å². The maximum absolute atomic E-state index is 13.8. The van der Waals surface area contributed by atoms with Gasteiger partial charge in [-0.1, -0.05) is 12.1 Å². The first-order valence-electron chi connectivity index (χ1n) is 6.92. The highest BCUT2D eigenvalue weighted by Gasteiger charge is 2.33. The van der Waals surface area contributed by atoms with E-state index in [0.29, 0.717) is 11.1 Å². The molecule has 24 heavy (non-hydrogen) atoms. The van der Waals surface area contributed by atoms with Crippen molar-refractivity contribution in [3.05, 3.63) is 71.8 Å². The van der Waals surface area contributed by atoms with Gasteiger partial charge in [-0.3, -0.25) is 0 Å². The number of rotatable bonds is 3. The van der Waals surface area contributed by atoms with E-state index in [2.05, 4.69) is 4.98 Å². The third-order valence-corrected chi connectivity index (χ3v) is 4.72. The Kier molecular flexibility index (Phi) is 3.83. The molecule has 2 aromatic rings. The van der Waals surface area contributed by atoms with E-state index in [9.17, 15) is 21.6 Å². The van der Waals surface area contributed by atoms with E-state index in [1.807, 2.05) is 0 Å². The molecule has 7 heteroatoms. The molecule has 1 aromatic carbocycles. The highest BCUT2D eigenvalue weighted by molar-refractivity contribution is 7.90. The summed E-state index contributed by atoms with van der Waals surface area (Å²) in [5.41, 5.74) is 1.26. The van der Waals surface area contributed by atoms with Crippen LogP contribution >= 0.6 is 0 Å². The van der Waals surface area contributed by atoms with Gasteiger partial charge in [-0.05, 0) is 53.1 Å². The molecule has 1 aromatic heterocycles. The molecule has 0 saturated carbocycles. The Bertz CT molecular complexity index is 944. The molecule has 1 aliphatic rings. The summed E-state index contributed by atoms with van der Waals surface area (Å²) in [6, 6.07) is 8.12. The van der Waals surface area contributed by atoms with Gasteiger partial charge in [-0.2, -0.15) is 13.2 Å². The van der Waals surface area contributed by atoms with Gasteiger partial charge in [0, 0.05) is 18.0 Å². The molecule has 0 bridgehead atoms. The number of sulfone groups is 1. The van der Waals surface area contributed by atoms with Crippen molar-refractivity contribution in [3.63, 3.8) is 0 Å². The van der Waals surface area contributed by atoms with E-state index >= 15 is 0 Å². The minimum Gasteiger partial charge on any atom is -0.228 e. The van der Waals surface area contributed by atoms with Crippen molar-refractivity contribution in [1.82, 2.24) is 4.98 Å². The fraction of sp³-hybridized carbons (Fsp3) is 0.118. The Morgan fingerprint density at radius 2 is 1.46 bits per heavy atom. The van der Waals surface area contributed by atoms with Crippen LogP contribution in [0.15, 0.2) is 59.6 Å². The van der Waals surface area contributed by atoms with Crippen molar-refractivity contribution >= 4 is 21.0 Å². The zero-order valence-electron chi connectivity index (χ0n) is 12.5. The van der Waals surface area contributed by atoms with Gasteiger partial charge in [0.1, 0.15) is 0 Å². The molecule has 0 saturated heterocycles. The number of allylic oxidation sites excluding steroid dienone is 4. The number of benzene rings is 1. The molecule has 0 unspecified atom stereocenters. The number of alkyl halides is 2. The quantitative estimate of drug-likeness (QED) is 0.792. The molecule has 0 aliphatic heterocycles. The second kappa shape index (κ2) is 5.59. The Morgan fingerprint density at radius 1 is 0.917 bits per heavy atom. The van der Waals surface area contributed by atoms with Gasteiger partial charge in [-0.15, -0.1) is 0 Å². The molecule has 3 rings (SSSR count). The summed E-state index contributed by atoms with van der Waals surface area (Å²) in [6.07, 6.45) is 3.82. The van der Waals surface area contributed by atoms with E-state index in [0.717, 1.165) is 24.5 Å². The van der Waals surface area contributed by atoms with Crippen LogP contribution in [0, 0.1) is 5.95 Å². The highest BCUT2D eigenvalue weighted by atomic mass is 32.2. The lowest BCUT2D eigenvalue weighted by Crippen LogP contribution is -2.03. The van der Waals surface area contributed by atoms with Crippen LogP contribution in [0.4, 0.5) is 13.2 Å². The lowest BCUT2D eigenvalue weighted by Gasteiger charge is -2.09. The van der Waals surface area contributed by atoms with Crippen LogP contribution in [0.1, 0.15) is 11.1 Å². The third-order valence-electron chi connectivity index (χ3n) is 3.60. The monoisotopic (exact) mass is 351 g/mol. The number of hydrogen-bond donors (Lipinski definition) is 0. The van der Waals surface area contributed by atoms with Crippen LogP contribution in [-0.4, -0.2) is 25.6 Å². The van der Waals surface area contributed by atoms with Crippen LogP contribution in [0.25, 0.3) is 11.1 Å². The number of halogens is 3. The smallest absolute Gasteiger partial charge is 0.228 e. The van der Waals surface area contributed by atoms with Crippen LogP contribution in [0.3, 0.4) is 0 Å². The van der Waals surface area contributed by atoms with Crippen LogP contribution < -0.4 is 0 Å². The normalized spacial score (nSPS) is 16.7. The minimum absolute atomic E-state index is 0.102. The van der Waals surface area contributed by atoms with E-state index in [4.69, 9.17) is 0 Å². The van der Waals surface area contributed by atoms with E-state index in [1.54, 1.807) is 0 Å². The van der Waals surface area contributed by atoms with Crippen molar-refractivity contribution < 1.29 is 21.6 Å². The summed E-state index contributed by atoms with van der Waals surface area (Å²) in [7, 11) is -3.37. The predicted molar refractivity (Wildman–Crippen MR) is 84.6 cm³/mol. The third kappa shape index (κ3) is 3.26. The first kappa shape index (κ1) is 16.4. The zero-order valence-corrected chi connectivity index (χ0v) is 13.3. The minimum atomic E-state index is -3.37. The van der Waals surface area contributed by atoms with Crippen LogP contribution in [0.5, 0.6) is 0 Å². The van der Waals surface area contributed by atoms with Gasteiger partial charge in [0.15, 0.2) is 9.84 Å². The second-order valence-corrected chi connectivity index (χ2v) is 7.47. The molecule has 3 nitrogen and oxygen atoms in total. The van der Waals surface area contributed by atoms with Crippen molar-refractivity contribution in [1.29, 1.82) is 0 Å². The lowest BCUT2D eigenvalue weighted by atomic mass is 9.96. The number of aromatic nitrogens is 1. The molecular formula is C17H12F3NO2S. The average Bonchev–Trinajstić information content (AvgIpc) is 2.83. The number of nitrogens with zero attached hydrogens (tertiary/aromatic N) is 1. The molecule has 0 spiro atoms. The molecule has 124 valence electrons. The lowest BCUT2D eigenvalue weighted by molar-refractivity contribution is 0.115. The summed E-state index contributed by atoms with van der Waals surface area (Å²) in [4.78, 5) is 3.59. The highest BCUT2D eigenvalue weighted by Crippen LogP contribution is 2.42. The van der Waals surface area contributed by atoms with Crippen LogP contribution in [-0.2, 0) is 9.84 Å². The maximum atomic E-state index is 13.8. The Balaban J connectivity index is 2.05. The SMILES string of the molecule is CS(=O)(=O)c1ccc(C2=CC(F)(F)C=C2c2ccc(F)nc2)cc1. The summed E-state index contributed by atoms with van der Waals surface area (Å²) in [5.74, 6) is -3.85. The van der Waals surface area contributed by atoms with Gasteiger partial charge in [-0.25, -0.2) is 13.4 Å². The average molecular weight is 351 g/mol. The van der Waals surface area contributed by atoms with Crippen molar-refractivity contribution in [2.75, 3.05) is 6.26 Å². The molecule has 0 amide bonds. The largest absolute Gasteiger partial charge is 0.286 e. The Morgan fingerprint density at radius 3 is 1.96 bits per heavy atom. The predicted octanol–water partition coefficient (Wildman–Crippen LogP) is 3.74. The van der Waals surface area contributed by atoms with Gasteiger partial charge in [0.05, 0.1) is 4.90 Å². The first-order valence-corrected chi connectivity index (χ1v) is 8.81. The fourth-order valence-corrected chi connectivity index (χ4v) is 3.11. The zero-order chi connectivity index (χ0) is 17.5. The first-order chi connectivity index (χ1) is 11.2. The summed E-state index contributed by atoms with van der Waals surface area (Å²) < 4.78 is 63.6. The number of hydrogen-bond acceptors (Lipinski definition) is 3. The van der Waals surface area contributed by atoms with Crippen molar-refractivity contribution in [2.24, 2.45) is 0 Å². The van der Waals surface area contributed by atoms with Crippen LogP contribution in [0.2, 0.25) is 0 Å². The molecule has 0 fully saturated rings. The molecular weight excluding hydrogens is 339 g/mol. The molecule has 0 N–H and O–H groups in total. The van der Waals surface area contributed by atoms with Crippen molar-refractivity contribution in [2.45, 2.75) is 10.8 Å². The second-order valence-electron chi connectivity index (χ2n) is 5.46. The van der Waals surface area contributed by atoms with Gasteiger partial charge < -0.3 is 0 Å². The molecule has 0 radical (unpaired) electrons. The molecule has 0 atom stereocenters. The fourth-order valence-electron chi connectivity index (χ4n) is 2.48. The summed E-state index contributed by atoms with van der Waals surface area (Å²) in [6.45, 7) is 0. The molecule has 1 aliphatic carbocycles. The van der Waals surface area contributed by atoms with Gasteiger partial charge in [0.25, 0.3) is 5.92 Å². The number of pyridine rings is 1. The Hall–Kier alpha value is -2.41. The summed E-state index contributed by atoms with van der Waals surface area (Å²) >= 11 is 0. The van der Waals surface area contributed by atoms with Crippen molar-refractivity contribution in [3.8, 4) is 0 Å². The van der Waals surface area contributed by atoms with Gasteiger partial charge in [0.2, 0.25) is 5.95 Å².